The molecule has 1 aromatic carbocycles. The summed E-state index contributed by atoms with van der Waals surface area (Å²) in [6.45, 7) is 3.65. The zero-order chi connectivity index (χ0) is 15.4. The van der Waals surface area contributed by atoms with Gasteiger partial charge < -0.3 is 11.1 Å². The highest BCUT2D eigenvalue weighted by Gasteiger charge is 2.20. The summed E-state index contributed by atoms with van der Waals surface area (Å²) in [4.78, 5) is 28.0. The van der Waals surface area contributed by atoms with E-state index in [0.29, 0.717) is 15.6 Å². The molecule has 2 rings (SSSR count). The number of nitrogens with two attached hydrogens (primary N) is 1. The van der Waals surface area contributed by atoms with Crippen LogP contribution in [-0.2, 0) is 4.79 Å². The van der Waals surface area contributed by atoms with Gasteiger partial charge in [0.1, 0.15) is 6.04 Å². The van der Waals surface area contributed by atoms with E-state index in [1.54, 1.807) is 18.3 Å². The number of nitrogens with one attached hydrogen (secondary N) is 1. The molecule has 0 unspecified atom stereocenters. The molecule has 0 bridgehead atoms. The minimum absolute atomic E-state index is 0.240. The number of hydrogen-bond donors (Lipinski definition) is 2. The number of rotatable bonds is 5. The van der Waals surface area contributed by atoms with Crippen LogP contribution in [0.1, 0.15) is 16.8 Å². The minimum atomic E-state index is -0.809. The maximum absolute atomic E-state index is 12.4. The first-order valence-corrected chi connectivity index (χ1v) is 7.05. The minimum Gasteiger partial charge on any atom is -0.368 e. The van der Waals surface area contributed by atoms with E-state index in [-0.39, 0.29) is 12.3 Å². The van der Waals surface area contributed by atoms with E-state index in [2.05, 4.69) is 32.8 Å². The van der Waals surface area contributed by atoms with Gasteiger partial charge in [-0.1, -0.05) is 40.7 Å². The molecule has 0 aliphatic rings. The second-order valence-corrected chi connectivity index (χ2v) is 5.65. The molecule has 21 heavy (non-hydrogen) atoms. The standard InChI is InChI=1S/C15H14BrN3O2/c1-9(16)8-13(14(17)20)19-15(21)11-6-7-18-12-5-3-2-4-10(11)12/h2-7,13H,1,8H2,(H2,17,20)(H,19,21)/t13-/m1/s1. The number of hydrogen-bond acceptors (Lipinski definition) is 3. The lowest BCUT2D eigenvalue weighted by molar-refractivity contribution is -0.119. The molecule has 0 fully saturated rings. The molecule has 3 N–H and O–H groups in total. The zero-order valence-electron chi connectivity index (χ0n) is 11.2. The summed E-state index contributed by atoms with van der Waals surface area (Å²) in [5.74, 6) is -0.978. The molecule has 0 aliphatic heterocycles. The lowest BCUT2D eigenvalue weighted by Crippen LogP contribution is -2.44. The monoisotopic (exact) mass is 347 g/mol. The third-order valence-corrected chi connectivity index (χ3v) is 3.29. The maximum atomic E-state index is 12.4. The highest BCUT2D eigenvalue weighted by molar-refractivity contribution is 9.11. The third-order valence-electron chi connectivity index (χ3n) is 2.97. The van der Waals surface area contributed by atoms with Crippen LogP contribution in [0.2, 0.25) is 0 Å². The number of aromatic nitrogens is 1. The molecular formula is C15H14BrN3O2. The van der Waals surface area contributed by atoms with Gasteiger partial charge in [-0.3, -0.25) is 14.6 Å². The number of nitrogens with zero attached hydrogens (tertiary/aromatic N) is 1. The van der Waals surface area contributed by atoms with Crippen LogP contribution in [-0.4, -0.2) is 22.8 Å². The van der Waals surface area contributed by atoms with Gasteiger partial charge in [0.15, 0.2) is 0 Å². The Labute approximate surface area is 130 Å². The van der Waals surface area contributed by atoms with Gasteiger partial charge in [-0.15, -0.1) is 0 Å². The SMILES string of the molecule is C=C(Br)C[C@@H](NC(=O)c1ccnc2ccccc12)C(N)=O. The van der Waals surface area contributed by atoms with Crippen molar-refractivity contribution >= 4 is 38.6 Å². The van der Waals surface area contributed by atoms with Gasteiger partial charge in [0.2, 0.25) is 5.91 Å². The molecule has 1 aromatic heterocycles. The van der Waals surface area contributed by atoms with Crippen molar-refractivity contribution in [2.45, 2.75) is 12.5 Å². The summed E-state index contributed by atoms with van der Waals surface area (Å²) < 4.78 is 0.589. The smallest absolute Gasteiger partial charge is 0.252 e. The number of para-hydroxylation sites is 1. The summed E-state index contributed by atoms with van der Waals surface area (Å²) in [7, 11) is 0. The number of amides is 2. The van der Waals surface area contributed by atoms with Crippen LogP contribution in [0.5, 0.6) is 0 Å². The van der Waals surface area contributed by atoms with Crippen molar-refractivity contribution in [1.82, 2.24) is 10.3 Å². The van der Waals surface area contributed by atoms with E-state index < -0.39 is 11.9 Å². The topological polar surface area (TPSA) is 85.1 Å². The van der Waals surface area contributed by atoms with E-state index in [1.807, 2.05) is 18.2 Å². The van der Waals surface area contributed by atoms with Gasteiger partial charge in [-0.2, -0.15) is 0 Å². The molecule has 6 heteroatoms. The van der Waals surface area contributed by atoms with E-state index in [0.717, 1.165) is 5.39 Å². The Hall–Kier alpha value is -2.21. The number of carbonyl (C=O) groups excluding carboxylic acids is 2. The summed E-state index contributed by atoms with van der Waals surface area (Å²) in [5, 5.41) is 3.34. The average Bonchev–Trinajstić information content (AvgIpc) is 2.45. The first-order chi connectivity index (χ1) is 9.99. The van der Waals surface area contributed by atoms with Crippen LogP contribution < -0.4 is 11.1 Å². The summed E-state index contributed by atoms with van der Waals surface area (Å²) in [5.41, 5.74) is 6.46. The van der Waals surface area contributed by atoms with Crippen molar-refractivity contribution in [1.29, 1.82) is 0 Å². The Balaban J connectivity index is 2.29. The van der Waals surface area contributed by atoms with Gasteiger partial charge in [-0.25, -0.2) is 0 Å². The number of fused-ring (bicyclic) bond motifs is 1. The van der Waals surface area contributed by atoms with E-state index >= 15 is 0 Å². The van der Waals surface area contributed by atoms with Crippen molar-refractivity contribution in [3.8, 4) is 0 Å². The largest absolute Gasteiger partial charge is 0.368 e. The number of benzene rings is 1. The molecule has 1 heterocycles. The van der Waals surface area contributed by atoms with Crippen LogP contribution in [0.3, 0.4) is 0 Å². The van der Waals surface area contributed by atoms with E-state index in [9.17, 15) is 9.59 Å². The second-order valence-electron chi connectivity index (χ2n) is 4.53. The van der Waals surface area contributed by atoms with Crippen LogP contribution in [0.4, 0.5) is 0 Å². The summed E-state index contributed by atoms with van der Waals surface area (Å²) >= 11 is 3.17. The highest BCUT2D eigenvalue weighted by atomic mass is 79.9. The fraction of sp³-hybridized carbons (Fsp3) is 0.133. The third kappa shape index (κ3) is 3.66. The quantitative estimate of drug-likeness (QED) is 0.868. The molecule has 2 aromatic rings. The first-order valence-electron chi connectivity index (χ1n) is 6.26. The highest BCUT2D eigenvalue weighted by Crippen LogP contribution is 2.17. The Kier molecular flexibility index (Phi) is 4.70. The Morgan fingerprint density at radius 2 is 2.05 bits per heavy atom. The van der Waals surface area contributed by atoms with Crippen LogP contribution in [0.15, 0.2) is 47.6 Å². The fourth-order valence-electron chi connectivity index (χ4n) is 1.97. The molecular weight excluding hydrogens is 334 g/mol. The molecule has 108 valence electrons. The Bertz CT molecular complexity index is 710. The number of pyridine rings is 1. The molecule has 0 spiro atoms. The Morgan fingerprint density at radius 1 is 1.33 bits per heavy atom. The average molecular weight is 348 g/mol. The number of primary amides is 1. The van der Waals surface area contributed by atoms with Crippen molar-refractivity contribution in [3.05, 3.63) is 53.2 Å². The number of carbonyl (C=O) groups is 2. The summed E-state index contributed by atoms with van der Waals surface area (Å²) in [6.07, 6.45) is 1.80. The van der Waals surface area contributed by atoms with E-state index in [4.69, 9.17) is 5.73 Å². The molecule has 1 atom stereocenters. The first kappa shape index (κ1) is 15.2. The maximum Gasteiger partial charge on any atom is 0.252 e. The number of halogens is 1. The Morgan fingerprint density at radius 3 is 2.71 bits per heavy atom. The van der Waals surface area contributed by atoms with Gasteiger partial charge >= 0.3 is 0 Å². The normalized spacial score (nSPS) is 11.9. The molecule has 0 saturated carbocycles. The molecule has 5 nitrogen and oxygen atoms in total. The van der Waals surface area contributed by atoms with Gasteiger partial charge in [-0.05, 0) is 16.6 Å². The fourth-order valence-corrected chi connectivity index (χ4v) is 2.30. The second kappa shape index (κ2) is 6.49. The van der Waals surface area contributed by atoms with Gasteiger partial charge in [0.05, 0.1) is 11.1 Å². The van der Waals surface area contributed by atoms with Gasteiger partial charge in [0, 0.05) is 18.0 Å². The molecule has 2 amide bonds. The molecule has 0 aliphatic carbocycles. The van der Waals surface area contributed by atoms with Crippen molar-refractivity contribution in [3.63, 3.8) is 0 Å². The lowest BCUT2D eigenvalue weighted by Gasteiger charge is -2.15. The predicted molar refractivity (Wildman–Crippen MR) is 84.9 cm³/mol. The molecule has 0 radical (unpaired) electrons. The zero-order valence-corrected chi connectivity index (χ0v) is 12.8. The van der Waals surface area contributed by atoms with Crippen molar-refractivity contribution in [2.24, 2.45) is 5.73 Å². The van der Waals surface area contributed by atoms with Crippen molar-refractivity contribution < 1.29 is 9.59 Å². The van der Waals surface area contributed by atoms with Crippen molar-refractivity contribution in [2.75, 3.05) is 0 Å². The van der Waals surface area contributed by atoms with Crippen LogP contribution >= 0.6 is 15.9 Å². The predicted octanol–water partition coefficient (Wildman–Crippen LogP) is 2.12. The lowest BCUT2D eigenvalue weighted by atomic mass is 10.1. The van der Waals surface area contributed by atoms with Crippen LogP contribution in [0, 0.1) is 0 Å². The van der Waals surface area contributed by atoms with Gasteiger partial charge in [0.25, 0.3) is 5.91 Å². The summed E-state index contributed by atoms with van der Waals surface area (Å²) in [6, 6.07) is 8.10. The molecule has 0 saturated heterocycles. The van der Waals surface area contributed by atoms with Crippen LogP contribution in [0.25, 0.3) is 10.9 Å². The van der Waals surface area contributed by atoms with E-state index in [1.165, 1.54) is 0 Å².